The van der Waals surface area contributed by atoms with E-state index in [4.69, 9.17) is 4.74 Å². The Morgan fingerprint density at radius 1 is 1.21 bits per heavy atom. The molecule has 12 heteroatoms. The molecule has 0 amide bonds. The summed E-state index contributed by atoms with van der Waals surface area (Å²) in [5, 5.41) is 1.11. The Hall–Kier alpha value is -1.86. The van der Waals surface area contributed by atoms with Crippen molar-refractivity contribution < 1.29 is 13.2 Å². The van der Waals surface area contributed by atoms with Gasteiger partial charge >= 0.3 is 5.69 Å². The lowest BCUT2D eigenvalue weighted by Gasteiger charge is -2.23. The average Bonchev–Trinajstić information content (AvgIpc) is 3.15. The number of sulfonamides is 1. The minimum Gasteiger partial charge on any atom is -0.381 e. The van der Waals surface area contributed by atoms with Crippen LogP contribution in [0.25, 0.3) is 10.2 Å². The summed E-state index contributed by atoms with van der Waals surface area (Å²) in [4.78, 5) is 32.3. The zero-order valence-corrected chi connectivity index (χ0v) is 20.9. The first-order valence-electron chi connectivity index (χ1n) is 11.0. The lowest BCUT2D eigenvalue weighted by Crippen LogP contribution is -2.41. The fourth-order valence-corrected chi connectivity index (χ4v) is 7.79. The van der Waals surface area contributed by atoms with Gasteiger partial charge in [0.25, 0.3) is 15.6 Å². The highest BCUT2D eigenvalue weighted by Gasteiger charge is 2.42. The molecule has 3 aromatic rings. The van der Waals surface area contributed by atoms with Crippen molar-refractivity contribution >= 4 is 42.9 Å². The highest BCUT2D eigenvalue weighted by molar-refractivity contribution is 7.91. The molecule has 1 N–H and O–H groups in total. The molecule has 2 fully saturated rings. The Bertz CT molecular complexity index is 1420. The van der Waals surface area contributed by atoms with E-state index in [2.05, 4.69) is 9.71 Å². The van der Waals surface area contributed by atoms with Gasteiger partial charge in [0.15, 0.2) is 0 Å². The predicted molar refractivity (Wildman–Crippen MR) is 128 cm³/mol. The second-order valence-electron chi connectivity index (χ2n) is 9.14. The summed E-state index contributed by atoms with van der Waals surface area (Å²) in [5.74, 6) is 0.224. The summed E-state index contributed by atoms with van der Waals surface area (Å²) in [5.41, 5.74) is -1.32. The van der Waals surface area contributed by atoms with Crippen molar-refractivity contribution in [3.8, 4) is 0 Å². The lowest BCUT2D eigenvalue weighted by molar-refractivity contribution is 0.0611. The van der Waals surface area contributed by atoms with Gasteiger partial charge in [-0.1, -0.05) is 0 Å². The molecular weight excluding hydrogens is 484 g/mol. The van der Waals surface area contributed by atoms with Crippen LogP contribution in [0.4, 0.5) is 0 Å². The van der Waals surface area contributed by atoms with Crippen molar-refractivity contribution in [3.63, 3.8) is 0 Å². The van der Waals surface area contributed by atoms with E-state index in [1.807, 2.05) is 13.8 Å². The molecule has 0 radical (unpaired) electrons. The predicted octanol–water partition coefficient (Wildman–Crippen LogP) is 2.30. The summed E-state index contributed by atoms with van der Waals surface area (Å²) >= 11 is 2.42. The summed E-state index contributed by atoms with van der Waals surface area (Å²) in [6.07, 6.45) is 4.87. The van der Waals surface area contributed by atoms with E-state index in [1.54, 1.807) is 10.8 Å². The maximum absolute atomic E-state index is 13.5. The van der Waals surface area contributed by atoms with Crippen molar-refractivity contribution in [1.82, 2.24) is 18.8 Å². The monoisotopic (exact) mass is 510 g/mol. The summed E-state index contributed by atoms with van der Waals surface area (Å²) < 4.78 is 37.1. The van der Waals surface area contributed by atoms with Crippen molar-refractivity contribution in [2.75, 3.05) is 13.2 Å². The largest absolute Gasteiger partial charge is 0.381 e. The third-order valence-corrected chi connectivity index (χ3v) is 10.5. The molecule has 0 spiro atoms. The molecular formula is C21H26N4O5S3. The molecule has 2 aliphatic rings. The third-order valence-electron chi connectivity index (χ3n) is 6.28. The Balaban J connectivity index is 1.64. The number of nitrogens with zero attached hydrogens (tertiary/aromatic N) is 3. The molecule has 4 heterocycles. The Kier molecular flexibility index (Phi) is 5.84. The summed E-state index contributed by atoms with van der Waals surface area (Å²) in [6.45, 7) is 5.53. The van der Waals surface area contributed by atoms with Gasteiger partial charge in [-0.3, -0.25) is 13.9 Å². The van der Waals surface area contributed by atoms with Gasteiger partial charge in [-0.2, -0.15) is 0 Å². The SMILES string of the molecule is Cc1ncc(Cn2c(=O)c3cc(S(=O)(=O)NC4(C)CC4)sc3n(CC3CCOCC3)c2=O)s1. The van der Waals surface area contributed by atoms with Crippen LogP contribution in [0, 0.1) is 12.8 Å². The van der Waals surface area contributed by atoms with Crippen LogP contribution in [0.15, 0.2) is 26.1 Å². The Morgan fingerprint density at radius 3 is 2.58 bits per heavy atom. The number of thiazole rings is 1. The molecule has 5 rings (SSSR count). The zero-order valence-electron chi connectivity index (χ0n) is 18.5. The van der Waals surface area contributed by atoms with Crippen LogP contribution in [-0.2, 0) is 27.8 Å². The number of ether oxygens (including phenoxy) is 1. The zero-order chi connectivity index (χ0) is 23.4. The first kappa shape index (κ1) is 22.9. The molecule has 1 aliphatic heterocycles. The van der Waals surface area contributed by atoms with Crippen molar-refractivity contribution in [3.05, 3.63) is 43.0 Å². The number of hydrogen-bond acceptors (Lipinski definition) is 8. The second-order valence-corrected chi connectivity index (χ2v) is 13.4. The van der Waals surface area contributed by atoms with Crippen LogP contribution in [0.5, 0.6) is 0 Å². The number of nitrogens with one attached hydrogen (secondary N) is 1. The lowest BCUT2D eigenvalue weighted by atomic mass is 10.0. The molecule has 9 nitrogen and oxygen atoms in total. The second kappa shape index (κ2) is 8.42. The summed E-state index contributed by atoms with van der Waals surface area (Å²) in [7, 11) is -3.79. The molecule has 3 aromatic heterocycles. The average molecular weight is 511 g/mol. The van der Waals surface area contributed by atoms with Crippen LogP contribution >= 0.6 is 22.7 Å². The van der Waals surface area contributed by atoms with E-state index in [-0.39, 0.29) is 22.1 Å². The number of aryl methyl sites for hydroxylation is 1. The number of rotatable bonds is 7. The van der Waals surface area contributed by atoms with Crippen LogP contribution in [0.2, 0.25) is 0 Å². The molecule has 0 atom stereocenters. The molecule has 178 valence electrons. The van der Waals surface area contributed by atoms with Gasteiger partial charge in [0, 0.05) is 36.4 Å². The number of hydrogen-bond donors (Lipinski definition) is 1. The highest BCUT2D eigenvalue weighted by atomic mass is 32.2. The minimum absolute atomic E-state index is 0.0641. The minimum atomic E-state index is -3.79. The van der Waals surface area contributed by atoms with Crippen molar-refractivity contribution in [2.24, 2.45) is 5.92 Å². The highest BCUT2D eigenvalue weighted by Crippen LogP contribution is 2.37. The van der Waals surface area contributed by atoms with E-state index in [0.29, 0.717) is 24.6 Å². The fraction of sp³-hybridized carbons (Fsp3) is 0.571. The van der Waals surface area contributed by atoms with Gasteiger partial charge in [-0.15, -0.1) is 22.7 Å². The van der Waals surface area contributed by atoms with Gasteiger partial charge in [0.2, 0.25) is 0 Å². The molecule has 1 aliphatic carbocycles. The van der Waals surface area contributed by atoms with Crippen LogP contribution in [0.1, 0.15) is 42.5 Å². The topological polar surface area (TPSA) is 112 Å². The standard InChI is InChI=1S/C21H26N4O5S3/c1-13-22-10-15(31-13)12-24-18(26)16-9-17(33(28,29)23-21(2)5-6-21)32-19(16)25(20(24)27)11-14-3-7-30-8-4-14/h9-10,14,23H,3-8,11-12H2,1-2H3. The maximum atomic E-state index is 13.5. The van der Waals surface area contributed by atoms with E-state index < -0.39 is 26.8 Å². The number of thiophene rings is 1. The van der Waals surface area contributed by atoms with Gasteiger partial charge in [0.05, 0.1) is 16.9 Å². The number of fused-ring (bicyclic) bond motifs is 1. The van der Waals surface area contributed by atoms with Crippen molar-refractivity contribution in [1.29, 1.82) is 0 Å². The first-order chi connectivity index (χ1) is 15.7. The number of aromatic nitrogens is 3. The van der Waals surface area contributed by atoms with E-state index in [9.17, 15) is 18.0 Å². The van der Waals surface area contributed by atoms with Gasteiger partial charge in [0.1, 0.15) is 9.04 Å². The Morgan fingerprint density at radius 2 is 1.94 bits per heavy atom. The molecule has 0 aromatic carbocycles. The van der Waals surface area contributed by atoms with Crippen molar-refractivity contribution in [2.45, 2.75) is 62.4 Å². The van der Waals surface area contributed by atoms with Crippen LogP contribution in [0.3, 0.4) is 0 Å². The molecule has 0 bridgehead atoms. The first-order valence-corrected chi connectivity index (χ1v) is 14.1. The molecule has 1 saturated heterocycles. The molecule has 0 unspecified atom stereocenters. The normalized spacial score (nSPS) is 18.7. The van der Waals surface area contributed by atoms with Crippen LogP contribution in [-0.4, -0.2) is 41.3 Å². The quantitative estimate of drug-likeness (QED) is 0.522. The van der Waals surface area contributed by atoms with E-state index in [1.165, 1.54) is 22.0 Å². The van der Waals surface area contributed by atoms with E-state index in [0.717, 1.165) is 46.9 Å². The van der Waals surface area contributed by atoms with Gasteiger partial charge in [-0.05, 0) is 51.5 Å². The smallest absolute Gasteiger partial charge is 0.332 e. The van der Waals surface area contributed by atoms with Gasteiger partial charge in [-0.25, -0.2) is 22.9 Å². The molecule has 33 heavy (non-hydrogen) atoms. The fourth-order valence-electron chi connectivity index (χ4n) is 4.10. The Labute approximate surface area is 199 Å². The van der Waals surface area contributed by atoms with E-state index >= 15 is 0 Å². The molecule has 1 saturated carbocycles. The third kappa shape index (κ3) is 4.59. The van der Waals surface area contributed by atoms with Crippen LogP contribution < -0.4 is 16.0 Å². The maximum Gasteiger partial charge on any atom is 0.332 e. The van der Waals surface area contributed by atoms with Gasteiger partial charge < -0.3 is 4.74 Å². The summed E-state index contributed by atoms with van der Waals surface area (Å²) in [6, 6.07) is 1.42.